The highest BCUT2D eigenvalue weighted by Gasteiger charge is 2.24. The Morgan fingerprint density at radius 2 is 0.737 bits per heavy atom. The number of carbonyl (C=O) groups excluding carboxylic acids is 3. The molecular formula is C47H52N4O6. The van der Waals surface area contributed by atoms with Crippen LogP contribution in [-0.2, 0) is 40.5 Å². The van der Waals surface area contributed by atoms with Gasteiger partial charge in [0.1, 0.15) is 5.60 Å². The van der Waals surface area contributed by atoms with Crippen molar-refractivity contribution in [3.8, 4) is 0 Å². The van der Waals surface area contributed by atoms with Gasteiger partial charge < -0.3 is 29.4 Å². The highest BCUT2D eigenvalue weighted by atomic mass is 16.6. The minimum Gasteiger partial charge on any atom is -0.465 e. The van der Waals surface area contributed by atoms with E-state index in [9.17, 15) is 24.3 Å². The zero-order chi connectivity index (χ0) is 41.0. The maximum atomic E-state index is 13.6. The molecular weight excluding hydrogens is 717 g/mol. The number of hydrogen-bond donors (Lipinski definition) is 1. The van der Waals surface area contributed by atoms with Crippen molar-refractivity contribution in [1.29, 1.82) is 0 Å². The van der Waals surface area contributed by atoms with Crippen LogP contribution in [0.4, 0.5) is 9.59 Å². The van der Waals surface area contributed by atoms with E-state index in [4.69, 9.17) is 4.74 Å². The molecule has 0 aliphatic carbocycles. The molecule has 0 fully saturated rings. The van der Waals surface area contributed by atoms with E-state index in [2.05, 4.69) is 24.3 Å². The third-order valence-electron chi connectivity index (χ3n) is 10.6. The fraction of sp³-hybridized carbons (Fsp3) is 0.319. The van der Waals surface area contributed by atoms with Gasteiger partial charge in [-0.05, 0) is 92.5 Å². The predicted octanol–water partition coefficient (Wildman–Crippen LogP) is 9.56. The number of nitrogens with zero attached hydrogens (tertiary/aromatic N) is 4. The van der Waals surface area contributed by atoms with Crippen LogP contribution in [0.2, 0.25) is 0 Å². The average Bonchev–Trinajstić information content (AvgIpc) is 3.19. The lowest BCUT2D eigenvalue weighted by atomic mass is 9.91. The molecule has 1 N–H and O–H groups in total. The molecule has 0 radical (unpaired) electrons. The molecule has 0 saturated heterocycles. The minimum absolute atomic E-state index is 0.0498. The Hall–Kier alpha value is -6.16. The van der Waals surface area contributed by atoms with E-state index in [-0.39, 0.29) is 31.2 Å². The van der Waals surface area contributed by atoms with E-state index in [1.807, 2.05) is 93.6 Å². The van der Waals surface area contributed by atoms with Crippen molar-refractivity contribution in [1.82, 2.24) is 19.6 Å². The number of carbonyl (C=O) groups is 4. The second kappa shape index (κ2) is 16.9. The Balaban J connectivity index is 1.15. The summed E-state index contributed by atoms with van der Waals surface area (Å²) in [5, 5.41) is 17.5. The van der Waals surface area contributed by atoms with Gasteiger partial charge in [-0.1, -0.05) is 97.1 Å². The first-order valence-electron chi connectivity index (χ1n) is 19.3. The first kappa shape index (κ1) is 40.5. The van der Waals surface area contributed by atoms with Gasteiger partial charge in [-0.25, -0.2) is 9.59 Å². The topological polar surface area (TPSA) is 111 Å². The number of hydrogen-bond acceptors (Lipinski definition) is 5. The van der Waals surface area contributed by atoms with Gasteiger partial charge in [-0.2, -0.15) is 0 Å². The summed E-state index contributed by atoms with van der Waals surface area (Å²) < 4.78 is 5.64. The number of ether oxygens (including phenoxy) is 1. The molecule has 6 rings (SSSR count). The summed E-state index contributed by atoms with van der Waals surface area (Å²) in [6.07, 6.45) is -0.541. The highest BCUT2D eigenvalue weighted by molar-refractivity contribution is 6.07. The fourth-order valence-electron chi connectivity index (χ4n) is 7.67. The molecule has 4 amide bonds. The van der Waals surface area contributed by atoms with E-state index in [0.717, 1.165) is 65.3 Å². The van der Waals surface area contributed by atoms with Crippen molar-refractivity contribution in [2.45, 2.75) is 71.8 Å². The van der Waals surface area contributed by atoms with E-state index >= 15 is 0 Å². The van der Waals surface area contributed by atoms with Crippen LogP contribution < -0.4 is 0 Å². The molecule has 0 aromatic heterocycles. The van der Waals surface area contributed by atoms with Gasteiger partial charge in [0.05, 0.1) is 0 Å². The van der Waals surface area contributed by atoms with Gasteiger partial charge in [-0.15, -0.1) is 0 Å². The minimum atomic E-state index is -1.00. The summed E-state index contributed by atoms with van der Waals surface area (Å²) in [6.45, 7) is 6.90. The van der Waals surface area contributed by atoms with Gasteiger partial charge in [0, 0.05) is 67.2 Å². The van der Waals surface area contributed by atoms with Gasteiger partial charge in [0.15, 0.2) is 0 Å². The molecule has 6 aromatic carbocycles. The predicted molar refractivity (Wildman–Crippen MR) is 227 cm³/mol. The average molecular weight is 769 g/mol. The van der Waals surface area contributed by atoms with Crippen molar-refractivity contribution in [2.75, 3.05) is 28.2 Å². The number of amides is 4. The summed E-state index contributed by atoms with van der Waals surface area (Å²) in [7, 11) is 6.90. The van der Waals surface area contributed by atoms with Crippen molar-refractivity contribution in [3.63, 3.8) is 0 Å². The van der Waals surface area contributed by atoms with Crippen LogP contribution >= 0.6 is 0 Å². The Bertz CT molecular complexity index is 2370. The van der Waals surface area contributed by atoms with Crippen molar-refractivity contribution in [3.05, 3.63) is 119 Å². The number of benzene rings is 6. The van der Waals surface area contributed by atoms with E-state index < -0.39 is 17.8 Å². The molecule has 0 aliphatic rings. The molecule has 57 heavy (non-hydrogen) atoms. The van der Waals surface area contributed by atoms with Crippen molar-refractivity contribution in [2.24, 2.45) is 0 Å². The number of carboxylic acid groups (broad SMARTS) is 1. The Kier molecular flexibility index (Phi) is 12.0. The Labute approximate surface area is 334 Å². The molecule has 10 nitrogen and oxygen atoms in total. The lowest BCUT2D eigenvalue weighted by molar-refractivity contribution is -0.132. The second-order valence-electron chi connectivity index (χ2n) is 15.9. The maximum absolute atomic E-state index is 13.6. The molecule has 6 aromatic rings. The zero-order valence-electron chi connectivity index (χ0n) is 34.0. The van der Waals surface area contributed by atoms with E-state index in [0.29, 0.717) is 26.1 Å². The number of rotatable bonds is 12. The third kappa shape index (κ3) is 8.96. The first-order chi connectivity index (χ1) is 27.1. The van der Waals surface area contributed by atoms with Crippen LogP contribution in [0.3, 0.4) is 0 Å². The monoisotopic (exact) mass is 768 g/mol. The Morgan fingerprint density at radius 3 is 1.00 bits per heavy atom. The summed E-state index contributed by atoms with van der Waals surface area (Å²) in [5.74, 6) is -0.108. The second-order valence-corrected chi connectivity index (χ2v) is 15.9. The molecule has 0 atom stereocenters. The van der Waals surface area contributed by atoms with E-state index in [1.54, 1.807) is 42.9 Å². The molecule has 0 unspecified atom stereocenters. The van der Waals surface area contributed by atoms with Gasteiger partial charge in [0.2, 0.25) is 11.8 Å². The fourth-order valence-corrected chi connectivity index (χ4v) is 7.67. The van der Waals surface area contributed by atoms with Gasteiger partial charge in [-0.3, -0.25) is 9.59 Å². The molecule has 0 bridgehead atoms. The van der Waals surface area contributed by atoms with Crippen molar-refractivity contribution < 1.29 is 29.0 Å². The zero-order valence-corrected chi connectivity index (χ0v) is 34.0. The van der Waals surface area contributed by atoms with E-state index in [1.165, 1.54) is 4.90 Å². The van der Waals surface area contributed by atoms with Gasteiger partial charge in [0.25, 0.3) is 0 Å². The normalized spacial score (nSPS) is 11.6. The largest absolute Gasteiger partial charge is 0.465 e. The quantitative estimate of drug-likeness (QED) is 0.124. The molecule has 0 heterocycles. The maximum Gasteiger partial charge on any atom is 0.410 e. The lowest BCUT2D eigenvalue weighted by Crippen LogP contribution is -2.34. The summed E-state index contributed by atoms with van der Waals surface area (Å²) in [6, 6.07) is 32.1. The van der Waals surface area contributed by atoms with Crippen LogP contribution in [0, 0.1) is 0 Å². The molecule has 0 spiro atoms. The van der Waals surface area contributed by atoms with Crippen LogP contribution in [0.5, 0.6) is 0 Å². The standard InChI is InChI=1S/C47H52N4O6/c1-47(2,3)57-46(56)51(7)30-42-37-23-14-10-19-33(37)40(34-20-11-15-24-38(34)42)28-49(5)44(53)26-16-25-43(52)48(4)27-39-31-17-8-12-21-35(31)41(29-50(6)45(54)55)36-22-13-9-18-32(36)39/h8-15,17-24H,16,25-30H2,1-7H3,(H,54,55). The smallest absolute Gasteiger partial charge is 0.410 e. The SMILES string of the molecule is CN(Cc1c2ccccc2c(CN(C)C(=O)CCCC(=O)N(C)Cc2c3ccccc3c(CN(C)C(=O)OC(C)(C)C)c3ccccc23)c2ccccc12)C(=O)O. The van der Waals surface area contributed by atoms with Crippen LogP contribution in [-0.4, -0.2) is 82.5 Å². The summed E-state index contributed by atoms with van der Waals surface area (Å²) in [5.41, 5.74) is 3.35. The first-order valence-corrected chi connectivity index (χ1v) is 19.3. The third-order valence-corrected chi connectivity index (χ3v) is 10.6. The van der Waals surface area contributed by atoms with Crippen LogP contribution in [0.1, 0.15) is 62.3 Å². The molecule has 0 aliphatic heterocycles. The summed E-state index contributed by atoms with van der Waals surface area (Å²) in [4.78, 5) is 58.2. The molecule has 0 saturated carbocycles. The lowest BCUT2D eigenvalue weighted by Gasteiger charge is -2.26. The Morgan fingerprint density at radius 1 is 0.474 bits per heavy atom. The van der Waals surface area contributed by atoms with Crippen LogP contribution in [0.15, 0.2) is 97.1 Å². The highest BCUT2D eigenvalue weighted by Crippen LogP contribution is 2.36. The van der Waals surface area contributed by atoms with Crippen molar-refractivity contribution >= 4 is 67.1 Å². The number of fused-ring (bicyclic) bond motifs is 4. The molecule has 10 heteroatoms. The van der Waals surface area contributed by atoms with Crippen LogP contribution in [0.25, 0.3) is 43.1 Å². The summed E-state index contributed by atoms with van der Waals surface area (Å²) >= 11 is 0. The van der Waals surface area contributed by atoms with Gasteiger partial charge >= 0.3 is 12.2 Å². The molecule has 296 valence electrons.